The molecule has 1 heterocycles. The molecule has 0 aliphatic heterocycles. The molecule has 0 aromatic carbocycles. The van der Waals surface area contributed by atoms with Crippen LogP contribution < -0.4 is 0 Å². The van der Waals surface area contributed by atoms with Gasteiger partial charge in [-0.05, 0) is 6.42 Å². The molecule has 14 heavy (non-hydrogen) atoms. The molecule has 0 amide bonds. The molecule has 80 valence electrons. The summed E-state index contributed by atoms with van der Waals surface area (Å²) in [6.45, 7) is 12.9. The summed E-state index contributed by atoms with van der Waals surface area (Å²) in [6.07, 6.45) is 2.87. The third-order valence-corrected chi connectivity index (χ3v) is 2.72. The molecule has 2 nitrogen and oxygen atoms in total. The van der Waals surface area contributed by atoms with Crippen molar-refractivity contribution in [1.29, 1.82) is 0 Å². The van der Waals surface area contributed by atoms with E-state index in [1.54, 1.807) is 6.26 Å². The number of rotatable bonds is 2. The van der Waals surface area contributed by atoms with Crippen molar-refractivity contribution in [3.8, 4) is 0 Å². The summed E-state index contributed by atoms with van der Waals surface area (Å²) in [5, 5.41) is 0. The van der Waals surface area contributed by atoms with Crippen molar-refractivity contribution < 1.29 is 4.42 Å². The Morgan fingerprint density at radius 2 is 1.79 bits per heavy atom. The highest BCUT2D eigenvalue weighted by molar-refractivity contribution is 5.12. The van der Waals surface area contributed by atoms with E-state index in [9.17, 15) is 0 Å². The Bertz CT molecular complexity index is 304. The highest BCUT2D eigenvalue weighted by atomic mass is 16.3. The van der Waals surface area contributed by atoms with Crippen LogP contribution in [0.15, 0.2) is 10.7 Å². The molecule has 1 aromatic rings. The van der Waals surface area contributed by atoms with Gasteiger partial charge in [0.05, 0.1) is 5.69 Å². The van der Waals surface area contributed by atoms with Crippen LogP contribution in [0.5, 0.6) is 0 Å². The van der Waals surface area contributed by atoms with E-state index >= 15 is 0 Å². The van der Waals surface area contributed by atoms with E-state index in [0.29, 0.717) is 0 Å². The largest absolute Gasteiger partial charge is 0.448 e. The van der Waals surface area contributed by atoms with Gasteiger partial charge in [0.1, 0.15) is 6.26 Å². The van der Waals surface area contributed by atoms with Crippen molar-refractivity contribution in [3.05, 3.63) is 17.8 Å². The molecule has 0 aliphatic rings. The van der Waals surface area contributed by atoms with Crippen LogP contribution in [-0.2, 0) is 10.8 Å². The third kappa shape index (κ3) is 2.17. The van der Waals surface area contributed by atoms with Crippen molar-refractivity contribution in [3.63, 3.8) is 0 Å². The number of nitrogens with zero attached hydrogens (tertiary/aromatic N) is 1. The highest BCUT2D eigenvalue weighted by Gasteiger charge is 2.26. The van der Waals surface area contributed by atoms with Gasteiger partial charge in [-0.1, -0.05) is 41.5 Å². The van der Waals surface area contributed by atoms with Gasteiger partial charge in [0.2, 0.25) is 0 Å². The predicted molar refractivity (Wildman–Crippen MR) is 58.5 cm³/mol. The Morgan fingerprint density at radius 3 is 2.14 bits per heavy atom. The van der Waals surface area contributed by atoms with Gasteiger partial charge < -0.3 is 4.42 Å². The zero-order valence-electron chi connectivity index (χ0n) is 10.1. The van der Waals surface area contributed by atoms with Gasteiger partial charge in [-0.25, -0.2) is 4.98 Å². The lowest BCUT2D eigenvalue weighted by atomic mass is 9.87. The molecule has 1 aromatic heterocycles. The Morgan fingerprint density at radius 1 is 1.21 bits per heavy atom. The summed E-state index contributed by atoms with van der Waals surface area (Å²) >= 11 is 0. The zero-order chi connectivity index (χ0) is 11.0. The van der Waals surface area contributed by atoms with E-state index in [0.717, 1.165) is 18.0 Å². The Labute approximate surface area is 86.7 Å². The van der Waals surface area contributed by atoms with Crippen molar-refractivity contribution in [2.45, 2.75) is 58.8 Å². The van der Waals surface area contributed by atoms with Crippen molar-refractivity contribution in [2.75, 3.05) is 0 Å². The molecule has 0 radical (unpaired) electrons. The second-order valence-electron chi connectivity index (χ2n) is 5.53. The number of hydrogen-bond donors (Lipinski definition) is 0. The van der Waals surface area contributed by atoms with Crippen LogP contribution in [0.3, 0.4) is 0 Å². The van der Waals surface area contributed by atoms with Gasteiger partial charge in [-0.2, -0.15) is 0 Å². The number of aromatic nitrogens is 1. The Hall–Kier alpha value is -0.790. The van der Waals surface area contributed by atoms with Crippen LogP contribution in [-0.4, -0.2) is 4.98 Å². The molecule has 0 unspecified atom stereocenters. The lowest BCUT2D eigenvalue weighted by Crippen LogP contribution is -2.17. The summed E-state index contributed by atoms with van der Waals surface area (Å²) in [4.78, 5) is 4.56. The van der Waals surface area contributed by atoms with E-state index in [1.807, 2.05) is 0 Å². The first-order chi connectivity index (χ1) is 6.27. The van der Waals surface area contributed by atoms with Crippen molar-refractivity contribution in [1.82, 2.24) is 4.98 Å². The first kappa shape index (κ1) is 11.3. The topological polar surface area (TPSA) is 26.0 Å². The maximum absolute atomic E-state index is 5.51. The summed E-state index contributed by atoms with van der Waals surface area (Å²) in [7, 11) is 0. The molecule has 0 saturated heterocycles. The molecule has 0 N–H and O–H groups in total. The van der Waals surface area contributed by atoms with Crippen molar-refractivity contribution in [2.24, 2.45) is 0 Å². The van der Waals surface area contributed by atoms with E-state index in [-0.39, 0.29) is 10.8 Å². The maximum atomic E-state index is 5.51. The van der Waals surface area contributed by atoms with Crippen LogP contribution >= 0.6 is 0 Å². The minimum Gasteiger partial charge on any atom is -0.448 e. The second kappa shape index (κ2) is 3.41. The molecule has 0 atom stereocenters. The molecular formula is C12H21NO. The molecule has 2 heteroatoms. The fourth-order valence-corrected chi connectivity index (χ4v) is 1.11. The van der Waals surface area contributed by atoms with Crippen LogP contribution in [0, 0.1) is 0 Å². The minimum absolute atomic E-state index is 0.00205. The summed E-state index contributed by atoms with van der Waals surface area (Å²) in [6, 6.07) is 0. The summed E-state index contributed by atoms with van der Waals surface area (Å²) in [5.41, 5.74) is 1.18. The van der Waals surface area contributed by atoms with Crippen LogP contribution in [0.2, 0.25) is 0 Å². The quantitative estimate of drug-likeness (QED) is 0.719. The maximum Gasteiger partial charge on any atom is 0.199 e. The molecule has 0 spiro atoms. The smallest absolute Gasteiger partial charge is 0.199 e. The number of hydrogen-bond acceptors (Lipinski definition) is 2. The van der Waals surface area contributed by atoms with Crippen molar-refractivity contribution >= 4 is 0 Å². The fraction of sp³-hybridized carbons (Fsp3) is 0.750. The molecule has 1 rings (SSSR count). The molecule has 0 saturated carbocycles. The van der Waals surface area contributed by atoms with E-state index in [2.05, 4.69) is 46.5 Å². The predicted octanol–water partition coefficient (Wildman–Crippen LogP) is 3.66. The lowest BCUT2D eigenvalue weighted by Gasteiger charge is -2.19. The lowest BCUT2D eigenvalue weighted by molar-refractivity contribution is 0.392. The summed E-state index contributed by atoms with van der Waals surface area (Å²) < 4.78 is 5.51. The van der Waals surface area contributed by atoms with Gasteiger partial charge in [0, 0.05) is 10.8 Å². The minimum atomic E-state index is 0.00205. The van der Waals surface area contributed by atoms with Gasteiger partial charge in [-0.15, -0.1) is 0 Å². The standard InChI is InChI=1S/C12H21NO/c1-7-12(5,6)9-8-14-10(13-9)11(2,3)4/h8H,7H2,1-6H3. The molecular weight excluding hydrogens is 174 g/mol. The summed E-state index contributed by atoms with van der Waals surface area (Å²) in [5.74, 6) is 0.828. The number of oxazole rings is 1. The Balaban J connectivity index is 3.00. The highest BCUT2D eigenvalue weighted by Crippen LogP contribution is 2.29. The first-order valence-corrected chi connectivity index (χ1v) is 5.24. The first-order valence-electron chi connectivity index (χ1n) is 5.24. The zero-order valence-corrected chi connectivity index (χ0v) is 10.1. The monoisotopic (exact) mass is 195 g/mol. The van der Waals surface area contributed by atoms with Gasteiger partial charge in [0.15, 0.2) is 5.89 Å². The van der Waals surface area contributed by atoms with Gasteiger partial charge in [0.25, 0.3) is 0 Å². The molecule has 0 bridgehead atoms. The Kier molecular flexibility index (Phi) is 2.75. The van der Waals surface area contributed by atoms with Crippen LogP contribution in [0.4, 0.5) is 0 Å². The van der Waals surface area contributed by atoms with Crippen LogP contribution in [0.25, 0.3) is 0 Å². The SMILES string of the molecule is CCC(C)(C)c1coc(C(C)(C)C)n1. The average molecular weight is 195 g/mol. The second-order valence-corrected chi connectivity index (χ2v) is 5.53. The fourth-order valence-electron chi connectivity index (χ4n) is 1.11. The normalized spacial score (nSPS) is 13.3. The molecule has 0 fully saturated rings. The van der Waals surface area contributed by atoms with E-state index in [1.165, 1.54) is 0 Å². The van der Waals surface area contributed by atoms with Gasteiger partial charge >= 0.3 is 0 Å². The van der Waals surface area contributed by atoms with Gasteiger partial charge in [-0.3, -0.25) is 0 Å². The molecule has 0 aliphatic carbocycles. The van der Waals surface area contributed by atoms with E-state index < -0.39 is 0 Å². The van der Waals surface area contributed by atoms with Crippen LogP contribution in [0.1, 0.15) is 59.5 Å². The third-order valence-electron chi connectivity index (χ3n) is 2.72. The van der Waals surface area contributed by atoms with E-state index in [4.69, 9.17) is 4.42 Å². The average Bonchev–Trinajstić information content (AvgIpc) is 2.51.